The van der Waals surface area contributed by atoms with Gasteiger partial charge in [-0.3, -0.25) is 19.2 Å². The summed E-state index contributed by atoms with van der Waals surface area (Å²) in [7, 11) is 1.24. The van der Waals surface area contributed by atoms with Crippen molar-refractivity contribution in [1.82, 2.24) is 0 Å². The molecule has 0 spiro atoms. The van der Waals surface area contributed by atoms with Crippen LogP contribution < -0.4 is 15.2 Å². The number of unbranched alkanes of at least 4 members (excludes halogenated alkanes) is 4. The summed E-state index contributed by atoms with van der Waals surface area (Å²) in [5.74, 6) is -2.05. The maximum absolute atomic E-state index is 12.7. The van der Waals surface area contributed by atoms with Crippen LogP contribution in [0.5, 0.6) is 11.5 Å². The molecule has 0 saturated carbocycles. The molecule has 0 fully saturated rings. The van der Waals surface area contributed by atoms with Crippen molar-refractivity contribution in [2.45, 2.75) is 110 Å². The van der Waals surface area contributed by atoms with Crippen molar-refractivity contribution in [1.29, 1.82) is 0 Å². The normalized spacial score (nSPS) is 13.4. The van der Waals surface area contributed by atoms with Crippen LogP contribution in [0.15, 0.2) is 18.2 Å². The molecule has 0 aliphatic carbocycles. The van der Waals surface area contributed by atoms with E-state index in [4.69, 9.17) is 24.7 Å². The first-order chi connectivity index (χ1) is 17.9. The van der Waals surface area contributed by atoms with Crippen molar-refractivity contribution in [2.75, 3.05) is 7.11 Å². The highest BCUT2D eigenvalue weighted by Crippen LogP contribution is 2.32. The van der Waals surface area contributed by atoms with Gasteiger partial charge in [0.2, 0.25) is 0 Å². The van der Waals surface area contributed by atoms with E-state index in [0.29, 0.717) is 18.4 Å². The monoisotopic (exact) mass is 535 g/mol. The van der Waals surface area contributed by atoms with Gasteiger partial charge < -0.3 is 24.7 Å². The number of hydrogen-bond acceptors (Lipinski definition) is 9. The quantitative estimate of drug-likeness (QED) is 0.165. The van der Waals surface area contributed by atoms with Gasteiger partial charge in [0.1, 0.15) is 11.6 Å². The van der Waals surface area contributed by atoms with Crippen LogP contribution in [0.2, 0.25) is 0 Å². The standard InChI is InChI=1S/C29H45NO8/c1-7-9-11-13-25(31)37-23-16-15-22(17-24(23)38-26(32)14-12-10-8-2)19-29(30,28(34)35-6)18-21(5)36-27(33)20(3)4/h15-17,20-21H,7-14,18-19,30H2,1-6H3/t21-,29?/m0/s1. The third-order valence-electron chi connectivity index (χ3n) is 5.98. The van der Waals surface area contributed by atoms with Crippen molar-refractivity contribution in [3.8, 4) is 11.5 Å². The summed E-state index contributed by atoms with van der Waals surface area (Å²) in [4.78, 5) is 49.5. The summed E-state index contributed by atoms with van der Waals surface area (Å²) < 4.78 is 21.5. The Morgan fingerprint density at radius 3 is 1.92 bits per heavy atom. The summed E-state index contributed by atoms with van der Waals surface area (Å²) in [6, 6.07) is 4.72. The Morgan fingerprint density at radius 2 is 1.42 bits per heavy atom. The lowest BCUT2D eigenvalue weighted by molar-refractivity contribution is -0.157. The predicted molar refractivity (Wildman–Crippen MR) is 144 cm³/mol. The molecule has 0 heterocycles. The van der Waals surface area contributed by atoms with Gasteiger partial charge in [-0.1, -0.05) is 59.4 Å². The van der Waals surface area contributed by atoms with Gasteiger partial charge in [0, 0.05) is 25.7 Å². The maximum Gasteiger partial charge on any atom is 0.326 e. The molecule has 1 rings (SSSR count). The van der Waals surface area contributed by atoms with E-state index in [2.05, 4.69) is 0 Å². The van der Waals surface area contributed by atoms with Crippen molar-refractivity contribution in [2.24, 2.45) is 11.7 Å². The van der Waals surface area contributed by atoms with Crippen LogP contribution in [-0.4, -0.2) is 42.6 Å². The largest absolute Gasteiger partial charge is 0.468 e. The van der Waals surface area contributed by atoms with E-state index in [1.165, 1.54) is 13.2 Å². The molecule has 0 aromatic heterocycles. The first-order valence-electron chi connectivity index (χ1n) is 13.6. The van der Waals surface area contributed by atoms with Crippen molar-refractivity contribution >= 4 is 23.9 Å². The van der Waals surface area contributed by atoms with Crippen LogP contribution in [0, 0.1) is 5.92 Å². The molecule has 0 aliphatic heterocycles. The van der Waals surface area contributed by atoms with Gasteiger partial charge in [0.25, 0.3) is 0 Å². The van der Waals surface area contributed by atoms with E-state index in [9.17, 15) is 19.2 Å². The molecule has 0 bridgehead atoms. The molecule has 0 amide bonds. The van der Waals surface area contributed by atoms with Crippen molar-refractivity contribution in [3.05, 3.63) is 23.8 Å². The van der Waals surface area contributed by atoms with E-state index < -0.39 is 35.5 Å². The van der Waals surface area contributed by atoms with Crippen LogP contribution in [0.3, 0.4) is 0 Å². The summed E-state index contributed by atoms with van der Waals surface area (Å²) in [5, 5.41) is 0. The molecule has 1 unspecified atom stereocenters. The number of carbonyl (C=O) groups excluding carboxylic acids is 4. The Morgan fingerprint density at radius 1 is 0.868 bits per heavy atom. The van der Waals surface area contributed by atoms with Gasteiger partial charge in [0.15, 0.2) is 11.5 Å². The minimum atomic E-state index is -1.52. The molecule has 0 radical (unpaired) electrons. The highest BCUT2D eigenvalue weighted by atomic mass is 16.6. The number of hydrogen-bond donors (Lipinski definition) is 1. The van der Waals surface area contributed by atoms with Gasteiger partial charge in [0.05, 0.1) is 13.0 Å². The zero-order valence-electron chi connectivity index (χ0n) is 23.8. The first-order valence-corrected chi connectivity index (χ1v) is 13.6. The lowest BCUT2D eigenvalue weighted by Crippen LogP contribution is -2.53. The molecular formula is C29H45NO8. The van der Waals surface area contributed by atoms with Gasteiger partial charge >= 0.3 is 23.9 Å². The van der Waals surface area contributed by atoms with Crippen LogP contribution in [0.25, 0.3) is 0 Å². The molecule has 1 aromatic rings. The van der Waals surface area contributed by atoms with E-state index in [1.54, 1.807) is 32.9 Å². The molecule has 38 heavy (non-hydrogen) atoms. The fraction of sp³-hybridized carbons (Fsp3) is 0.655. The summed E-state index contributed by atoms with van der Waals surface area (Å²) >= 11 is 0. The molecule has 214 valence electrons. The van der Waals surface area contributed by atoms with Crippen LogP contribution in [0.4, 0.5) is 0 Å². The van der Waals surface area contributed by atoms with Crippen molar-refractivity contribution in [3.63, 3.8) is 0 Å². The molecule has 9 nitrogen and oxygen atoms in total. The zero-order valence-corrected chi connectivity index (χ0v) is 23.8. The second-order valence-corrected chi connectivity index (χ2v) is 10.1. The highest BCUT2D eigenvalue weighted by molar-refractivity contribution is 5.81. The van der Waals surface area contributed by atoms with Crippen LogP contribution in [0.1, 0.15) is 98.0 Å². The van der Waals surface area contributed by atoms with Gasteiger partial charge in [-0.05, 0) is 37.5 Å². The minimum Gasteiger partial charge on any atom is -0.468 e. The fourth-order valence-electron chi connectivity index (χ4n) is 3.90. The molecule has 9 heteroatoms. The minimum absolute atomic E-state index is 0.00829. The van der Waals surface area contributed by atoms with E-state index >= 15 is 0 Å². The zero-order chi connectivity index (χ0) is 28.7. The van der Waals surface area contributed by atoms with Gasteiger partial charge in [-0.25, -0.2) is 0 Å². The molecular weight excluding hydrogens is 490 g/mol. The highest BCUT2D eigenvalue weighted by Gasteiger charge is 2.38. The number of nitrogens with two attached hydrogens (primary N) is 1. The molecule has 2 N–H and O–H groups in total. The number of rotatable bonds is 17. The summed E-state index contributed by atoms with van der Waals surface area (Å²) in [6.07, 6.45) is 4.97. The SMILES string of the molecule is CCCCCC(=O)Oc1ccc(CC(N)(C[C@H](C)OC(=O)C(C)C)C(=O)OC)cc1OC(=O)CCCCC. The second-order valence-electron chi connectivity index (χ2n) is 10.1. The Balaban J connectivity index is 3.20. The number of ether oxygens (including phenoxy) is 4. The number of carbonyl (C=O) groups is 4. The fourth-order valence-corrected chi connectivity index (χ4v) is 3.90. The third-order valence-corrected chi connectivity index (χ3v) is 5.98. The summed E-state index contributed by atoms with van der Waals surface area (Å²) in [6.45, 7) is 9.18. The lowest BCUT2D eigenvalue weighted by atomic mass is 9.86. The van der Waals surface area contributed by atoms with Gasteiger partial charge in [-0.15, -0.1) is 0 Å². The Kier molecular flexibility index (Phi) is 14.6. The average molecular weight is 536 g/mol. The van der Waals surface area contributed by atoms with Crippen molar-refractivity contribution < 1.29 is 38.1 Å². The second kappa shape index (κ2) is 16.8. The van der Waals surface area contributed by atoms with E-state index in [1.807, 2.05) is 13.8 Å². The van der Waals surface area contributed by atoms with Gasteiger partial charge in [-0.2, -0.15) is 0 Å². The van der Waals surface area contributed by atoms with E-state index in [0.717, 1.165) is 25.7 Å². The molecule has 0 saturated heterocycles. The smallest absolute Gasteiger partial charge is 0.326 e. The van der Waals surface area contributed by atoms with Crippen LogP contribution in [-0.2, 0) is 35.1 Å². The molecule has 1 aromatic carbocycles. The van der Waals surface area contributed by atoms with Crippen LogP contribution >= 0.6 is 0 Å². The van der Waals surface area contributed by atoms with E-state index in [-0.39, 0.29) is 43.1 Å². The molecule has 0 aliphatic rings. The number of benzene rings is 1. The molecule has 2 atom stereocenters. The predicted octanol–water partition coefficient (Wildman–Crippen LogP) is 5.05. The first kappa shape index (κ1) is 33.1. The topological polar surface area (TPSA) is 131 Å². The Hall–Kier alpha value is -2.94. The average Bonchev–Trinajstić information content (AvgIpc) is 2.85. The third kappa shape index (κ3) is 11.6. The Bertz CT molecular complexity index is 929. The number of esters is 4. The number of methoxy groups -OCH3 is 1. The lowest BCUT2D eigenvalue weighted by Gasteiger charge is -2.29. The summed E-state index contributed by atoms with van der Waals surface area (Å²) in [5.41, 5.74) is 5.53. The maximum atomic E-state index is 12.7. The Labute approximate surface area is 226 Å².